The number of rotatable bonds is 6. The number of carbonyl (C=O) groups is 1. The van der Waals surface area contributed by atoms with Gasteiger partial charge in [0.1, 0.15) is 0 Å². The predicted molar refractivity (Wildman–Crippen MR) is 102 cm³/mol. The van der Waals surface area contributed by atoms with Crippen molar-refractivity contribution < 1.29 is 14.5 Å². The fourth-order valence-electron chi connectivity index (χ4n) is 2.33. The summed E-state index contributed by atoms with van der Waals surface area (Å²) in [5.74, 6) is -0.455. The van der Waals surface area contributed by atoms with Crippen LogP contribution >= 0.6 is 0 Å². The Bertz CT molecular complexity index is 1040. The largest absolute Gasteiger partial charge is 0.465 e. The first-order valence-electron chi connectivity index (χ1n) is 7.93. The van der Waals surface area contributed by atoms with E-state index in [9.17, 15) is 14.9 Å². The van der Waals surface area contributed by atoms with Crippen molar-refractivity contribution in [3.05, 3.63) is 64.2 Å². The number of esters is 1. The molecule has 0 bridgehead atoms. The molecule has 0 fully saturated rings. The smallest absolute Gasteiger partial charge is 0.339 e. The van der Waals surface area contributed by atoms with Crippen molar-refractivity contribution in [3.8, 4) is 0 Å². The minimum absolute atomic E-state index is 0.0750. The molecule has 1 aromatic heterocycles. The fourth-order valence-corrected chi connectivity index (χ4v) is 2.33. The zero-order chi connectivity index (χ0) is 20.1. The van der Waals surface area contributed by atoms with Crippen LogP contribution in [-0.2, 0) is 4.74 Å². The summed E-state index contributed by atoms with van der Waals surface area (Å²) in [5.41, 5.74) is 6.75. The number of benzene rings is 2. The van der Waals surface area contributed by atoms with Crippen molar-refractivity contribution >= 4 is 40.9 Å². The lowest BCUT2D eigenvalue weighted by atomic mass is 10.2. The molecule has 3 rings (SSSR count). The monoisotopic (exact) mass is 381 g/mol. The lowest BCUT2D eigenvalue weighted by molar-refractivity contribution is -0.384. The maximum Gasteiger partial charge on any atom is 0.339 e. The molecule has 0 saturated heterocycles. The minimum atomic E-state index is -0.528. The number of nitrogens with two attached hydrogens (primary N) is 1. The van der Waals surface area contributed by atoms with E-state index in [0.29, 0.717) is 11.4 Å². The average Bonchev–Trinajstić information content (AvgIpc) is 2.67. The number of carbonyl (C=O) groups excluding carboxylic acids is 1. The van der Waals surface area contributed by atoms with E-state index in [-0.39, 0.29) is 29.1 Å². The van der Waals surface area contributed by atoms with Gasteiger partial charge in [0.25, 0.3) is 5.69 Å². The first-order chi connectivity index (χ1) is 13.5. The van der Waals surface area contributed by atoms with E-state index >= 15 is 0 Å². The third kappa shape index (κ3) is 4.27. The molecule has 0 saturated carbocycles. The molecule has 0 amide bonds. The summed E-state index contributed by atoms with van der Waals surface area (Å²) in [5, 5.41) is 16.6. The van der Waals surface area contributed by atoms with E-state index in [1.54, 1.807) is 30.3 Å². The molecular formula is C17H15N7O4. The number of nitrogen functional groups attached to an aromatic ring is 1. The van der Waals surface area contributed by atoms with Gasteiger partial charge in [-0.15, -0.1) is 0 Å². The molecule has 0 atom stereocenters. The zero-order valence-electron chi connectivity index (χ0n) is 14.6. The number of ether oxygens (including phenoxy) is 1. The molecule has 0 spiro atoms. The van der Waals surface area contributed by atoms with Crippen LogP contribution in [0.1, 0.15) is 10.4 Å². The number of para-hydroxylation sites is 1. The number of non-ortho nitro benzene ring substituents is 1. The van der Waals surface area contributed by atoms with E-state index in [1.807, 2.05) is 0 Å². The average molecular weight is 381 g/mol. The Morgan fingerprint density at radius 2 is 1.79 bits per heavy atom. The highest BCUT2D eigenvalue weighted by molar-refractivity contribution is 5.96. The van der Waals surface area contributed by atoms with Crippen LogP contribution in [0.15, 0.2) is 48.5 Å². The van der Waals surface area contributed by atoms with Gasteiger partial charge in [0.05, 0.1) is 23.3 Å². The van der Waals surface area contributed by atoms with E-state index in [0.717, 1.165) is 0 Å². The maximum atomic E-state index is 11.9. The van der Waals surface area contributed by atoms with Gasteiger partial charge in [0.15, 0.2) is 0 Å². The third-order valence-electron chi connectivity index (χ3n) is 3.54. The summed E-state index contributed by atoms with van der Waals surface area (Å²) in [6, 6.07) is 12.5. The fraction of sp³-hybridized carbons (Fsp3) is 0.0588. The van der Waals surface area contributed by atoms with Gasteiger partial charge in [-0.25, -0.2) is 4.79 Å². The molecule has 1 heterocycles. The third-order valence-corrected chi connectivity index (χ3v) is 3.54. The second-order valence-electron chi connectivity index (χ2n) is 5.44. The molecule has 11 nitrogen and oxygen atoms in total. The molecule has 2 aromatic carbocycles. The highest BCUT2D eigenvalue weighted by atomic mass is 16.6. The molecular weight excluding hydrogens is 366 g/mol. The van der Waals surface area contributed by atoms with Gasteiger partial charge in [-0.1, -0.05) is 18.2 Å². The number of methoxy groups -OCH3 is 1. The molecule has 11 heteroatoms. The van der Waals surface area contributed by atoms with E-state index in [4.69, 9.17) is 10.5 Å². The second kappa shape index (κ2) is 7.95. The molecule has 28 heavy (non-hydrogen) atoms. The van der Waals surface area contributed by atoms with Gasteiger partial charge >= 0.3 is 5.97 Å². The van der Waals surface area contributed by atoms with Gasteiger partial charge in [-0.3, -0.25) is 10.1 Å². The highest BCUT2D eigenvalue weighted by Crippen LogP contribution is 2.23. The van der Waals surface area contributed by atoms with Gasteiger partial charge in [0, 0.05) is 17.8 Å². The Kier molecular flexibility index (Phi) is 5.25. The molecule has 0 aliphatic heterocycles. The molecule has 3 aromatic rings. The normalized spacial score (nSPS) is 10.2. The van der Waals surface area contributed by atoms with E-state index in [1.165, 1.54) is 25.3 Å². The van der Waals surface area contributed by atoms with Crippen molar-refractivity contribution in [2.24, 2.45) is 0 Å². The number of nitro groups is 1. The predicted octanol–water partition coefficient (Wildman–Crippen LogP) is 2.64. The van der Waals surface area contributed by atoms with Gasteiger partial charge in [-0.05, 0) is 18.2 Å². The standard InChI is InChI=1S/C17H15N7O4/c1-28-14(25)12-7-2-3-8-13(12)20-17-22-15(18)21-16(23-17)19-10-5-4-6-11(9-10)24(26)27/h2-9H,1H3,(H4,18,19,20,21,22,23). The molecule has 4 N–H and O–H groups in total. The van der Waals surface area contributed by atoms with Crippen molar-refractivity contribution in [1.29, 1.82) is 0 Å². The first-order valence-corrected chi connectivity index (χ1v) is 7.93. The number of hydrogen-bond acceptors (Lipinski definition) is 10. The molecule has 0 aliphatic carbocycles. The van der Waals surface area contributed by atoms with Crippen LogP contribution in [0.3, 0.4) is 0 Å². The summed E-state index contributed by atoms with van der Waals surface area (Å²) in [6.45, 7) is 0. The van der Waals surface area contributed by atoms with Crippen molar-refractivity contribution in [3.63, 3.8) is 0 Å². The number of nitro benzene ring substituents is 1. The second-order valence-corrected chi connectivity index (χ2v) is 5.44. The summed E-state index contributed by atoms with van der Waals surface area (Å²) >= 11 is 0. The Labute approximate surface area is 158 Å². The summed E-state index contributed by atoms with van der Waals surface area (Å²) in [7, 11) is 1.28. The summed E-state index contributed by atoms with van der Waals surface area (Å²) < 4.78 is 4.75. The van der Waals surface area contributed by atoms with Crippen LogP contribution < -0.4 is 16.4 Å². The van der Waals surface area contributed by atoms with Crippen LogP contribution in [0.2, 0.25) is 0 Å². The van der Waals surface area contributed by atoms with Crippen LogP contribution in [0, 0.1) is 10.1 Å². The lowest BCUT2D eigenvalue weighted by Crippen LogP contribution is -2.10. The van der Waals surface area contributed by atoms with Gasteiger partial charge in [0.2, 0.25) is 17.8 Å². The Morgan fingerprint density at radius 3 is 2.50 bits per heavy atom. The number of anilines is 5. The van der Waals surface area contributed by atoms with Crippen molar-refractivity contribution in [1.82, 2.24) is 15.0 Å². The number of nitrogens with one attached hydrogen (secondary N) is 2. The van der Waals surface area contributed by atoms with Gasteiger partial charge in [-0.2, -0.15) is 15.0 Å². The van der Waals surface area contributed by atoms with Crippen molar-refractivity contribution in [2.45, 2.75) is 0 Å². The molecule has 0 radical (unpaired) electrons. The minimum Gasteiger partial charge on any atom is -0.465 e. The molecule has 0 aliphatic rings. The highest BCUT2D eigenvalue weighted by Gasteiger charge is 2.13. The lowest BCUT2D eigenvalue weighted by Gasteiger charge is -2.11. The van der Waals surface area contributed by atoms with E-state index < -0.39 is 10.9 Å². The molecule has 0 unspecified atom stereocenters. The van der Waals surface area contributed by atoms with Crippen LogP contribution in [0.25, 0.3) is 0 Å². The van der Waals surface area contributed by atoms with Crippen LogP contribution in [0.5, 0.6) is 0 Å². The Balaban J connectivity index is 1.88. The zero-order valence-corrected chi connectivity index (χ0v) is 14.6. The van der Waals surface area contributed by atoms with Crippen LogP contribution in [0.4, 0.5) is 34.9 Å². The van der Waals surface area contributed by atoms with E-state index in [2.05, 4.69) is 25.6 Å². The number of nitrogens with zero attached hydrogens (tertiary/aromatic N) is 4. The van der Waals surface area contributed by atoms with Gasteiger partial charge < -0.3 is 21.1 Å². The number of aromatic nitrogens is 3. The molecule has 142 valence electrons. The SMILES string of the molecule is COC(=O)c1ccccc1Nc1nc(N)nc(Nc2cccc([N+](=O)[O-])c2)n1. The Morgan fingerprint density at radius 1 is 1.07 bits per heavy atom. The number of hydrogen-bond donors (Lipinski definition) is 3. The summed E-state index contributed by atoms with van der Waals surface area (Å²) in [6.07, 6.45) is 0. The topological polar surface area (TPSA) is 158 Å². The summed E-state index contributed by atoms with van der Waals surface area (Å²) in [4.78, 5) is 34.4. The maximum absolute atomic E-state index is 11.9. The Hall–Kier alpha value is -4.28. The first kappa shape index (κ1) is 18.5. The quantitative estimate of drug-likeness (QED) is 0.329. The van der Waals surface area contributed by atoms with Crippen LogP contribution in [-0.4, -0.2) is 33.0 Å². The van der Waals surface area contributed by atoms with Crippen molar-refractivity contribution in [2.75, 3.05) is 23.5 Å².